The molecule has 0 radical (unpaired) electrons. The lowest BCUT2D eigenvalue weighted by Gasteiger charge is -2.14. The molecule has 2 bridgehead atoms. The van der Waals surface area contributed by atoms with Crippen molar-refractivity contribution in [1.29, 1.82) is 0 Å². The predicted molar refractivity (Wildman–Crippen MR) is 87.9 cm³/mol. The van der Waals surface area contributed by atoms with Crippen LogP contribution in [0.4, 0.5) is 5.95 Å². The van der Waals surface area contributed by atoms with Crippen molar-refractivity contribution in [1.82, 2.24) is 14.8 Å². The summed E-state index contributed by atoms with van der Waals surface area (Å²) in [5.41, 5.74) is 1.00. The van der Waals surface area contributed by atoms with Crippen LogP contribution in [0, 0.1) is 11.8 Å². The highest BCUT2D eigenvalue weighted by Crippen LogP contribution is 2.48. The lowest BCUT2D eigenvalue weighted by atomic mass is 9.81. The fourth-order valence-electron chi connectivity index (χ4n) is 4.15. The molecule has 3 fully saturated rings. The molecule has 5 rings (SSSR count). The quantitative estimate of drug-likeness (QED) is 0.780. The lowest BCUT2D eigenvalue weighted by Crippen LogP contribution is -2.35. The number of hydrogen-bond acceptors (Lipinski definition) is 5. The zero-order valence-corrected chi connectivity index (χ0v) is 14.0. The molecule has 3 saturated heterocycles. The smallest absolute Gasteiger partial charge is 0.258 e. The molecule has 2 amide bonds. The number of hydrogen-bond donors (Lipinski definition) is 0. The number of amides is 2. The Labute approximate surface area is 148 Å². The Bertz CT molecular complexity index is 837. The molecule has 0 unspecified atom stereocenters. The average molecular weight is 359 g/mol. The molecule has 2 aromatic rings. The summed E-state index contributed by atoms with van der Waals surface area (Å²) in [5.74, 6) is -1.04. The first-order chi connectivity index (χ1) is 12.1. The van der Waals surface area contributed by atoms with Crippen molar-refractivity contribution in [3.05, 3.63) is 41.2 Å². The zero-order valence-electron chi connectivity index (χ0n) is 13.2. The van der Waals surface area contributed by atoms with Gasteiger partial charge >= 0.3 is 0 Å². The van der Waals surface area contributed by atoms with Gasteiger partial charge in [0.2, 0.25) is 11.8 Å². The molecule has 7 nitrogen and oxygen atoms in total. The average Bonchev–Trinajstić information content (AvgIpc) is 3.35. The van der Waals surface area contributed by atoms with Gasteiger partial charge in [0.25, 0.3) is 5.95 Å². The highest BCUT2D eigenvalue weighted by Gasteiger charge is 2.63. The molecule has 4 heterocycles. The topological polar surface area (TPSA) is 77.3 Å². The van der Waals surface area contributed by atoms with Gasteiger partial charge in [-0.15, -0.1) is 5.10 Å². The van der Waals surface area contributed by atoms with E-state index in [4.69, 9.17) is 16.3 Å². The highest BCUT2D eigenvalue weighted by atomic mass is 35.5. The standard InChI is InChI=1S/C17H15ClN4O3/c18-10-3-1-9(2-4-10)7-21-8-19-17(20-21)22-15(23)13-11-5-6-12(25-11)14(13)16(22)24/h1-4,8,11-14H,5-7H2/t11-,12-,13-,14-/m1/s1. The monoisotopic (exact) mass is 358 g/mol. The lowest BCUT2D eigenvalue weighted by molar-refractivity contribution is -0.124. The molecule has 128 valence electrons. The van der Waals surface area contributed by atoms with E-state index in [1.165, 1.54) is 6.33 Å². The van der Waals surface area contributed by atoms with E-state index in [1.807, 2.05) is 12.1 Å². The maximum atomic E-state index is 12.7. The number of nitrogens with zero attached hydrogens (tertiary/aromatic N) is 4. The van der Waals surface area contributed by atoms with Crippen molar-refractivity contribution in [2.24, 2.45) is 11.8 Å². The number of benzene rings is 1. The van der Waals surface area contributed by atoms with Crippen molar-refractivity contribution < 1.29 is 14.3 Å². The minimum absolute atomic E-state index is 0.132. The summed E-state index contributed by atoms with van der Waals surface area (Å²) >= 11 is 5.89. The number of imide groups is 1. The summed E-state index contributed by atoms with van der Waals surface area (Å²) in [4.78, 5) is 30.7. The van der Waals surface area contributed by atoms with Crippen LogP contribution in [0.25, 0.3) is 0 Å². The minimum Gasteiger partial charge on any atom is -0.373 e. The molecule has 4 atom stereocenters. The number of anilines is 1. The van der Waals surface area contributed by atoms with Crippen LogP contribution in [-0.4, -0.2) is 38.8 Å². The molecule has 3 aliphatic heterocycles. The van der Waals surface area contributed by atoms with Crippen molar-refractivity contribution in [3.63, 3.8) is 0 Å². The summed E-state index contributed by atoms with van der Waals surface area (Å²) in [6, 6.07) is 7.41. The van der Waals surface area contributed by atoms with Gasteiger partial charge in [0.05, 0.1) is 30.6 Å². The first-order valence-corrected chi connectivity index (χ1v) is 8.67. The van der Waals surface area contributed by atoms with Crippen molar-refractivity contribution in [2.75, 3.05) is 4.90 Å². The van der Waals surface area contributed by atoms with Crippen LogP contribution >= 0.6 is 11.6 Å². The molecule has 0 aliphatic carbocycles. The van der Waals surface area contributed by atoms with Crippen LogP contribution in [-0.2, 0) is 20.9 Å². The van der Waals surface area contributed by atoms with Crippen LogP contribution in [0.15, 0.2) is 30.6 Å². The number of rotatable bonds is 3. The van der Waals surface area contributed by atoms with Gasteiger partial charge in [0.15, 0.2) is 0 Å². The van der Waals surface area contributed by atoms with E-state index in [-0.39, 0.29) is 41.8 Å². The molecular formula is C17H15ClN4O3. The third-order valence-corrected chi connectivity index (χ3v) is 5.52. The second kappa shape index (κ2) is 5.37. The van der Waals surface area contributed by atoms with Gasteiger partial charge in [-0.1, -0.05) is 23.7 Å². The number of halogens is 1. The number of carbonyl (C=O) groups is 2. The van der Waals surface area contributed by atoms with E-state index < -0.39 is 0 Å². The van der Waals surface area contributed by atoms with Gasteiger partial charge in [-0.3, -0.25) is 9.59 Å². The van der Waals surface area contributed by atoms with Gasteiger partial charge in [-0.05, 0) is 30.5 Å². The highest BCUT2D eigenvalue weighted by molar-refractivity contribution is 6.30. The van der Waals surface area contributed by atoms with E-state index >= 15 is 0 Å². The number of fused-ring (bicyclic) bond motifs is 5. The number of carbonyl (C=O) groups excluding carboxylic acids is 2. The Morgan fingerprint density at radius 2 is 1.72 bits per heavy atom. The van der Waals surface area contributed by atoms with Crippen LogP contribution in [0.3, 0.4) is 0 Å². The zero-order chi connectivity index (χ0) is 17.1. The maximum Gasteiger partial charge on any atom is 0.258 e. The second-order valence-electron chi connectivity index (χ2n) is 6.72. The van der Waals surface area contributed by atoms with Gasteiger partial charge in [0.1, 0.15) is 6.33 Å². The van der Waals surface area contributed by atoms with Crippen molar-refractivity contribution >= 4 is 29.4 Å². The van der Waals surface area contributed by atoms with Crippen molar-refractivity contribution in [2.45, 2.75) is 31.6 Å². The molecule has 0 N–H and O–H groups in total. The molecule has 0 spiro atoms. The number of aromatic nitrogens is 3. The molecule has 0 saturated carbocycles. The number of ether oxygens (including phenoxy) is 1. The third-order valence-electron chi connectivity index (χ3n) is 5.27. The summed E-state index contributed by atoms with van der Waals surface area (Å²) in [7, 11) is 0. The Morgan fingerprint density at radius 1 is 1.08 bits per heavy atom. The van der Waals surface area contributed by atoms with E-state index in [1.54, 1.807) is 16.8 Å². The second-order valence-corrected chi connectivity index (χ2v) is 7.16. The molecule has 8 heteroatoms. The van der Waals surface area contributed by atoms with Crippen LogP contribution < -0.4 is 4.90 Å². The summed E-state index contributed by atoms with van der Waals surface area (Å²) in [6.45, 7) is 0.488. The van der Waals surface area contributed by atoms with E-state index in [2.05, 4.69) is 10.1 Å². The predicted octanol–water partition coefficient (Wildman–Crippen LogP) is 1.65. The van der Waals surface area contributed by atoms with Gasteiger partial charge in [-0.25, -0.2) is 9.58 Å². The first kappa shape index (κ1) is 15.0. The first-order valence-electron chi connectivity index (χ1n) is 8.29. The minimum atomic E-state index is -0.366. The summed E-state index contributed by atoms with van der Waals surface area (Å²) in [5, 5.41) is 4.99. The van der Waals surface area contributed by atoms with Crippen LogP contribution in [0.1, 0.15) is 18.4 Å². The maximum absolute atomic E-state index is 12.7. The Hall–Kier alpha value is -2.25. The van der Waals surface area contributed by atoms with Crippen molar-refractivity contribution in [3.8, 4) is 0 Å². The fraction of sp³-hybridized carbons (Fsp3) is 0.412. The van der Waals surface area contributed by atoms with Gasteiger partial charge in [0, 0.05) is 5.02 Å². The van der Waals surface area contributed by atoms with Crippen LogP contribution in [0.5, 0.6) is 0 Å². The van der Waals surface area contributed by atoms with E-state index in [9.17, 15) is 9.59 Å². The fourth-order valence-corrected chi connectivity index (χ4v) is 4.28. The van der Waals surface area contributed by atoms with Gasteiger partial charge in [-0.2, -0.15) is 4.98 Å². The van der Waals surface area contributed by atoms with E-state index in [0.29, 0.717) is 11.6 Å². The van der Waals surface area contributed by atoms with Crippen LogP contribution in [0.2, 0.25) is 5.02 Å². The molecule has 25 heavy (non-hydrogen) atoms. The van der Waals surface area contributed by atoms with E-state index in [0.717, 1.165) is 23.3 Å². The summed E-state index contributed by atoms with van der Waals surface area (Å²) < 4.78 is 7.34. The normalized spacial score (nSPS) is 30.4. The molecule has 1 aromatic heterocycles. The van der Waals surface area contributed by atoms with Gasteiger partial charge < -0.3 is 4.74 Å². The molecular weight excluding hydrogens is 344 g/mol. The largest absolute Gasteiger partial charge is 0.373 e. The Morgan fingerprint density at radius 3 is 2.36 bits per heavy atom. The SMILES string of the molecule is O=C1[C@H]2[C@H](C(=O)N1c1ncn(Cc3ccc(Cl)cc3)n1)[C@H]1CC[C@H]2O1. The molecule has 1 aromatic carbocycles. The Balaban J connectivity index is 1.39. The third kappa shape index (κ3) is 2.22. The Kier molecular flexibility index (Phi) is 3.23. The molecule has 3 aliphatic rings. The summed E-state index contributed by atoms with van der Waals surface area (Å²) in [6.07, 6.45) is 2.96.